The predicted octanol–water partition coefficient (Wildman–Crippen LogP) is 1.39. The molecular formula is C11H23NO3. The van der Waals surface area contributed by atoms with Crippen LogP contribution in [0.25, 0.3) is 0 Å². The Morgan fingerprint density at radius 1 is 1.33 bits per heavy atom. The molecule has 0 aliphatic carbocycles. The van der Waals surface area contributed by atoms with Gasteiger partial charge in [0.05, 0.1) is 6.54 Å². The number of hydrogen-bond donors (Lipinski definition) is 2. The van der Waals surface area contributed by atoms with Gasteiger partial charge in [-0.2, -0.15) is 0 Å². The van der Waals surface area contributed by atoms with Gasteiger partial charge in [0.15, 0.2) is 0 Å². The first-order valence-corrected chi connectivity index (χ1v) is 5.48. The molecule has 0 heterocycles. The Morgan fingerprint density at radius 2 is 1.87 bits per heavy atom. The van der Waals surface area contributed by atoms with Gasteiger partial charge in [-0.1, -0.05) is 27.2 Å². The molecule has 0 saturated carbocycles. The average Bonchev–Trinajstić information content (AvgIpc) is 2.15. The topological polar surface area (TPSA) is 60.8 Å². The van der Waals surface area contributed by atoms with E-state index in [1.165, 1.54) is 4.90 Å². The first kappa shape index (κ1) is 14.4. The summed E-state index contributed by atoms with van der Waals surface area (Å²) < 4.78 is 0. The van der Waals surface area contributed by atoms with Crippen LogP contribution in [0.2, 0.25) is 0 Å². The van der Waals surface area contributed by atoms with Crippen LogP contribution in [-0.2, 0) is 4.79 Å². The zero-order valence-electron chi connectivity index (χ0n) is 10.1. The molecule has 0 radical (unpaired) electrons. The Labute approximate surface area is 91.9 Å². The number of carboxylic acid groups (broad SMARTS) is 1. The van der Waals surface area contributed by atoms with Crippen molar-refractivity contribution < 1.29 is 15.0 Å². The molecule has 0 aromatic rings. The van der Waals surface area contributed by atoms with Gasteiger partial charge >= 0.3 is 5.97 Å². The quantitative estimate of drug-likeness (QED) is 0.633. The van der Waals surface area contributed by atoms with Gasteiger partial charge in [-0.3, -0.25) is 9.69 Å². The fourth-order valence-electron chi connectivity index (χ4n) is 1.47. The van der Waals surface area contributed by atoms with Crippen molar-refractivity contribution in [1.82, 2.24) is 4.90 Å². The lowest BCUT2D eigenvalue weighted by Crippen LogP contribution is -2.37. The normalized spacial score (nSPS) is 17.5. The van der Waals surface area contributed by atoms with E-state index >= 15 is 0 Å². The number of aliphatic carboxylic acids is 1. The maximum absolute atomic E-state index is 10.4. The molecule has 0 aliphatic heterocycles. The fourth-order valence-corrected chi connectivity index (χ4v) is 1.47. The highest BCUT2D eigenvalue weighted by Gasteiger charge is 2.19. The van der Waals surface area contributed by atoms with Gasteiger partial charge in [0.2, 0.25) is 0 Å². The van der Waals surface area contributed by atoms with E-state index in [9.17, 15) is 9.90 Å². The Bertz CT molecular complexity index is 196. The van der Waals surface area contributed by atoms with Crippen molar-refractivity contribution in [2.75, 3.05) is 13.6 Å². The van der Waals surface area contributed by atoms with Crippen LogP contribution in [-0.4, -0.2) is 40.9 Å². The first-order chi connectivity index (χ1) is 6.88. The molecule has 4 nitrogen and oxygen atoms in total. The summed E-state index contributed by atoms with van der Waals surface area (Å²) in [5.74, 6) is 0.0480. The minimum absolute atomic E-state index is 0.117. The third-order valence-electron chi connectivity index (χ3n) is 3.09. The van der Waals surface area contributed by atoms with E-state index in [1.807, 2.05) is 0 Å². The van der Waals surface area contributed by atoms with Crippen LogP contribution in [0.3, 0.4) is 0 Å². The molecule has 0 fully saturated rings. The lowest BCUT2D eigenvalue weighted by molar-refractivity contribution is -0.141. The van der Waals surface area contributed by atoms with Gasteiger partial charge in [-0.05, 0) is 25.3 Å². The molecule has 0 saturated heterocycles. The summed E-state index contributed by atoms with van der Waals surface area (Å²) in [6.45, 7) is 6.24. The van der Waals surface area contributed by atoms with Gasteiger partial charge in [0.1, 0.15) is 6.23 Å². The van der Waals surface area contributed by atoms with Crippen LogP contribution in [0, 0.1) is 11.8 Å². The molecule has 0 aliphatic rings. The SMILES string of the molecule is CCC(C)C(C)CC(O)N(C)CC(=O)O. The van der Waals surface area contributed by atoms with Crippen LogP contribution < -0.4 is 0 Å². The van der Waals surface area contributed by atoms with Crippen LogP contribution >= 0.6 is 0 Å². The van der Waals surface area contributed by atoms with Gasteiger partial charge in [-0.15, -0.1) is 0 Å². The van der Waals surface area contributed by atoms with Crippen LogP contribution in [0.4, 0.5) is 0 Å². The number of rotatable bonds is 7. The highest BCUT2D eigenvalue weighted by Crippen LogP contribution is 2.20. The smallest absolute Gasteiger partial charge is 0.317 e. The fraction of sp³-hybridized carbons (Fsp3) is 0.909. The van der Waals surface area contributed by atoms with Gasteiger partial charge in [0, 0.05) is 0 Å². The van der Waals surface area contributed by atoms with Crippen molar-refractivity contribution in [2.24, 2.45) is 11.8 Å². The number of aliphatic hydroxyl groups is 1. The molecule has 15 heavy (non-hydrogen) atoms. The molecule has 0 aromatic carbocycles. The van der Waals surface area contributed by atoms with E-state index in [1.54, 1.807) is 7.05 Å². The zero-order valence-corrected chi connectivity index (χ0v) is 10.1. The second-order valence-electron chi connectivity index (χ2n) is 4.39. The molecule has 0 amide bonds. The molecule has 3 unspecified atom stereocenters. The van der Waals surface area contributed by atoms with E-state index in [4.69, 9.17) is 5.11 Å². The highest BCUT2D eigenvalue weighted by molar-refractivity contribution is 5.69. The maximum atomic E-state index is 10.4. The second-order valence-corrected chi connectivity index (χ2v) is 4.39. The van der Waals surface area contributed by atoms with E-state index in [0.29, 0.717) is 18.3 Å². The molecule has 0 bridgehead atoms. The second kappa shape index (κ2) is 6.80. The van der Waals surface area contributed by atoms with Crippen molar-refractivity contribution >= 4 is 5.97 Å². The van der Waals surface area contributed by atoms with E-state index in [0.717, 1.165) is 6.42 Å². The number of nitrogens with zero attached hydrogens (tertiary/aromatic N) is 1. The first-order valence-electron chi connectivity index (χ1n) is 5.48. The lowest BCUT2D eigenvalue weighted by atomic mass is 9.90. The average molecular weight is 217 g/mol. The monoisotopic (exact) mass is 217 g/mol. The summed E-state index contributed by atoms with van der Waals surface area (Å²) in [6, 6.07) is 0. The summed E-state index contributed by atoms with van der Waals surface area (Å²) in [7, 11) is 1.63. The summed E-state index contributed by atoms with van der Waals surface area (Å²) >= 11 is 0. The predicted molar refractivity (Wildman–Crippen MR) is 59.5 cm³/mol. The van der Waals surface area contributed by atoms with E-state index in [-0.39, 0.29) is 6.54 Å². The van der Waals surface area contributed by atoms with Crippen molar-refractivity contribution in [2.45, 2.75) is 39.8 Å². The summed E-state index contributed by atoms with van der Waals surface area (Å²) in [4.78, 5) is 11.9. The molecular weight excluding hydrogens is 194 g/mol. The zero-order chi connectivity index (χ0) is 12.0. The molecule has 90 valence electrons. The minimum atomic E-state index is -0.909. The van der Waals surface area contributed by atoms with Crippen molar-refractivity contribution in [3.05, 3.63) is 0 Å². The summed E-state index contributed by atoms with van der Waals surface area (Å²) in [6.07, 6.45) is 1.04. The Hall–Kier alpha value is -0.610. The van der Waals surface area contributed by atoms with Gasteiger partial charge < -0.3 is 10.2 Å². The molecule has 0 spiro atoms. The Morgan fingerprint density at radius 3 is 2.27 bits per heavy atom. The number of likely N-dealkylation sites (N-methyl/N-ethyl adjacent to an activating group) is 1. The molecule has 0 aromatic heterocycles. The number of carbonyl (C=O) groups is 1. The van der Waals surface area contributed by atoms with Crippen LogP contribution in [0.5, 0.6) is 0 Å². The lowest BCUT2D eigenvalue weighted by Gasteiger charge is -2.26. The van der Waals surface area contributed by atoms with Gasteiger partial charge in [0.25, 0.3) is 0 Å². The van der Waals surface area contributed by atoms with Gasteiger partial charge in [-0.25, -0.2) is 0 Å². The van der Waals surface area contributed by atoms with Crippen molar-refractivity contribution in [1.29, 1.82) is 0 Å². The number of hydrogen-bond acceptors (Lipinski definition) is 3. The molecule has 0 rings (SSSR count). The largest absolute Gasteiger partial charge is 0.480 e. The van der Waals surface area contributed by atoms with Crippen molar-refractivity contribution in [3.63, 3.8) is 0 Å². The molecule has 2 N–H and O–H groups in total. The minimum Gasteiger partial charge on any atom is -0.480 e. The number of aliphatic hydroxyl groups excluding tert-OH is 1. The maximum Gasteiger partial charge on any atom is 0.317 e. The Kier molecular flexibility index (Phi) is 6.52. The van der Waals surface area contributed by atoms with E-state index < -0.39 is 12.2 Å². The van der Waals surface area contributed by atoms with Crippen LogP contribution in [0.15, 0.2) is 0 Å². The summed E-state index contributed by atoms with van der Waals surface area (Å²) in [5, 5.41) is 18.3. The van der Waals surface area contributed by atoms with E-state index in [2.05, 4.69) is 20.8 Å². The standard InChI is InChI=1S/C11H23NO3/c1-5-8(2)9(3)6-10(13)12(4)7-11(14)15/h8-10,13H,5-7H2,1-4H3,(H,14,15). The highest BCUT2D eigenvalue weighted by atomic mass is 16.4. The number of carboxylic acids is 1. The molecule has 4 heteroatoms. The Balaban J connectivity index is 4.00. The molecule has 3 atom stereocenters. The third-order valence-corrected chi connectivity index (χ3v) is 3.09. The summed E-state index contributed by atoms with van der Waals surface area (Å²) in [5.41, 5.74) is 0. The third kappa shape index (κ3) is 5.74. The van der Waals surface area contributed by atoms with Crippen molar-refractivity contribution in [3.8, 4) is 0 Å². The van der Waals surface area contributed by atoms with Crippen LogP contribution in [0.1, 0.15) is 33.6 Å².